The van der Waals surface area contributed by atoms with Crippen molar-refractivity contribution < 1.29 is 18.0 Å². The molecule has 27 heavy (non-hydrogen) atoms. The molecule has 9 heteroatoms. The van der Waals surface area contributed by atoms with Gasteiger partial charge in [-0.25, -0.2) is 8.42 Å². The van der Waals surface area contributed by atoms with Crippen LogP contribution in [0.2, 0.25) is 0 Å². The molecule has 0 saturated carbocycles. The average Bonchev–Trinajstić information content (AvgIpc) is 3.13. The third-order valence-corrected chi connectivity index (χ3v) is 7.85. The van der Waals surface area contributed by atoms with Crippen LogP contribution in [0.15, 0.2) is 35.2 Å². The lowest BCUT2D eigenvalue weighted by Gasteiger charge is -2.30. The molecule has 144 valence electrons. The van der Waals surface area contributed by atoms with Gasteiger partial charge in [0.2, 0.25) is 5.91 Å². The van der Waals surface area contributed by atoms with Crippen LogP contribution >= 0.6 is 24.0 Å². The van der Waals surface area contributed by atoms with Crippen LogP contribution in [-0.2, 0) is 19.4 Å². The first-order valence-electron chi connectivity index (χ1n) is 8.49. The minimum atomic E-state index is -3.10. The zero-order valence-electron chi connectivity index (χ0n) is 15.0. The van der Waals surface area contributed by atoms with Crippen molar-refractivity contribution in [2.24, 2.45) is 0 Å². The summed E-state index contributed by atoms with van der Waals surface area (Å²) in [6.07, 6.45) is 2.17. The minimum Gasteiger partial charge on any atom is -0.340 e. The maximum absolute atomic E-state index is 12.8. The number of thiocarbonyl (C=S) groups is 1. The Labute approximate surface area is 168 Å². The van der Waals surface area contributed by atoms with Crippen molar-refractivity contribution in [1.82, 2.24) is 9.80 Å². The Hall–Kier alpha value is -1.71. The molecule has 2 atom stereocenters. The molecule has 2 amide bonds. The summed E-state index contributed by atoms with van der Waals surface area (Å²) >= 11 is 6.49. The minimum absolute atomic E-state index is 0.0335. The number of hydrogen-bond acceptors (Lipinski definition) is 6. The molecule has 6 nitrogen and oxygen atoms in total. The van der Waals surface area contributed by atoms with Crippen LogP contribution in [0.1, 0.15) is 18.9 Å². The van der Waals surface area contributed by atoms with E-state index in [2.05, 4.69) is 0 Å². The zero-order chi connectivity index (χ0) is 19.8. The number of likely N-dealkylation sites (N-methyl/N-ethyl adjacent to an activating group) is 1. The molecule has 1 aromatic carbocycles. The molecule has 0 aliphatic carbocycles. The molecule has 2 aliphatic heterocycles. The van der Waals surface area contributed by atoms with Gasteiger partial charge in [-0.05, 0) is 25.0 Å². The Bertz CT molecular complexity index is 912. The third-order valence-electron chi connectivity index (χ3n) is 4.77. The lowest BCUT2D eigenvalue weighted by molar-refractivity contribution is -0.139. The predicted octanol–water partition coefficient (Wildman–Crippen LogP) is 1.92. The molecule has 0 N–H and O–H groups in total. The lowest BCUT2D eigenvalue weighted by Crippen LogP contribution is -2.50. The molecular weight excluding hydrogens is 404 g/mol. The van der Waals surface area contributed by atoms with E-state index in [9.17, 15) is 18.0 Å². The summed E-state index contributed by atoms with van der Waals surface area (Å²) in [5.41, 5.74) is 0.880. The Morgan fingerprint density at radius 3 is 2.63 bits per heavy atom. The molecule has 3 rings (SSSR count). The molecule has 2 saturated heterocycles. The second-order valence-corrected chi connectivity index (χ2v) is 10.5. The van der Waals surface area contributed by atoms with Crippen molar-refractivity contribution in [3.8, 4) is 0 Å². The molecule has 2 heterocycles. The van der Waals surface area contributed by atoms with Gasteiger partial charge >= 0.3 is 0 Å². The molecule has 1 aromatic rings. The van der Waals surface area contributed by atoms with Crippen LogP contribution in [0.25, 0.3) is 6.08 Å². The average molecular weight is 425 g/mol. The van der Waals surface area contributed by atoms with Gasteiger partial charge < -0.3 is 4.90 Å². The van der Waals surface area contributed by atoms with Crippen molar-refractivity contribution in [3.05, 3.63) is 40.8 Å². The Morgan fingerprint density at radius 2 is 2.04 bits per heavy atom. The molecule has 0 radical (unpaired) electrons. The van der Waals surface area contributed by atoms with Gasteiger partial charge in [-0.2, -0.15) is 0 Å². The van der Waals surface area contributed by atoms with Gasteiger partial charge in [0, 0.05) is 13.1 Å². The van der Waals surface area contributed by atoms with Crippen LogP contribution in [0.4, 0.5) is 0 Å². The van der Waals surface area contributed by atoms with Gasteiger partial charge in [-0.1, -0.05) is 54.3 Å². The monoisotopic (exact) mass is 424 g/mol. The first kappa shape index (κ1) is 20.0. The second-order valence-electron chi connectivity index (χ2n) is 6.64. The van der Waals surface area contributed by atoms with Crippen molar-refractivity contribution in [2.75, 3.05) is 18.6 Å². The summed E-state index contributed by atoms with van der Waals surface area (Å²) in [4.78, 5) is 28.9. The van der Waals surface area contributed by atoms with E-state index in [1.807, 2.05) is 30.3 Å². The van der Waals surface area contributed by atoms with E-state index in [0.29, 0.717) is 15.6 Å². The fourth-order valence-corrected chi connectivity index (χ4v) is 6.37. The van der Waals surface area contributed by atoms with E-state index in [1.54, 1.807) is 20.0 Å². The zero-order valence-corrected chi connectivity index (χ0v) is 17.4. The fraction of sp³-hybridized carbons (Fsp3) is 0.389. The largest absolute Gasteiger partial charge is 0.340 e. The summed E-state index contributed by atoms with van der Waals surface area (Å²) < 4.78 is 23.7. The second kappa shape index (κ2) is 7.73. The number of carbonyl (C=O) groups excluding carboxylic acids is 2. The van der Waals surface area contributed by atoms with Gasteiger partial charge in [0.05, 0.1) is 16.4 Å². The predicted molar refractivity (Wildman–Crippen MR) is 111 cm³/mol. The Balaban J connectivity index is 1.75. The highest BCUT2D eigenvalue weighted by atomic mass is 32.2. The van der Waals surface area contributed by atoms with Crippen LogP contribution in [0.3, 0.4) is 0 Å². The van der Waals surface area contributed by atoms with Crippen molar-refractivity contribution in [1.29, 1.82) is 0 Å². The first-order valence-corrected chi connectivity index (χ1v) is 11.5. The van der Waals surface area contributed by atoms with E-state index in [1.165, 1.54) is 21.6 Å². The maximum atomic E-state index is 12.8. The fourth-order valence-electron chi connectivity index (χ4n) is 3.18. The lowest BCUT2D eigenvalue weighted by atomic mass is 10.1. The summed E-state index contributed by atoms with van der Waals surface area (Å²) in [6.45, 7) is 1.62. The summed E-state index contributed by atoms with van der Waals surface area (Å²) in [7, 11) is -1.51. The van der Waals surface area contributed by atoms with Gasteiger partial charge in [0.15, 0.2) is 9.84 Å². The van der Waals surface area contributed by atoms with E-state index >= 15 is 0 Å². The molecule has 2 aliphatic rings. The van der Waals surface area contributed by atoms with Crippen LogP contribution in [0.5, 0.6) is 0 Å². The number of rotatable bonds is 4. The van der Waals surface area contributed by atoms with E-state index in [0.717, 1.165) is 5.56 Å². The van der Waals surface area contributed by atoms with Crippen LogP contribution in [-0.4, -0.2) is 65.0 Å². The number of hydrogen-bond donors (Lipinski definition) is 0. The number of benzene rings is 1. The smallest absolute Gasteiger partial charge is 0.266 e. The number of sulfone groups is 1. The normalized spacial score (nSPS) is 24.4. The number of carbonyl (C=O) groups is 2. The quantitative estimate of drug-likeness (QED) is 0.543. The van der Waals surface area contributed by atoms with E-state index in [4.69, 9.17) is 12.2 Å². The Kier molecular flexibility index (Phi) is 5.73. The molecule has 0 bridgehead atoms. The van der Waals surface area contributed by atoms with Gasteiger partial charge in [0.25, 0.3) is 5.91 Å². The van der Waals surface area contributed by atoms with Crippen LogP contribution < -0.4 is 0 Å². The highest BCUT2D eigenvalue weighted by Gasteiger charge is 2.41. The molecule has 0 spiro atoms. The molecular formula is C18H20N2O4S3. The summed E-state index contributed by atoms with van der Waals surface area (Å²) in [5, 5.41) is 0. The van der Waals surface area contributed by atoms with Crippen molar-refractivity contribution >= 4 is 56.0 Å². The highest BCUT2D eigenvalue weighted by molar-refractivity contribution is 8.26. The number of nitrogens with zero attached hydrogens (tertiary/aromatic N) is 2. The molecule has 2 unspecified atom stereocenters. The Morgan fingerprint density at radius 1 is 1.37 bits per heavy atom. The van der Waals surface area contributed by atoms with Gasteiger partial charge in [-0.3, -0.25) is 14.5 Å². The van der Waals surface area contributed by atoms with E-state index < -0.39 is 15.9 Å². The highest BCUT2D eigenvalue weighted by Crippen LogP contribution is 2.34. The van der Waals surface area contributed by atoms with Crippen LogP contribution in [0, 0.1) is 0 Å². The van der Waals surface area contributed by atoms with Gasteiger partial charge in [-0.15, -0.1) is 0 Å². The van der Waals surface area contributed by atoms with Crippen molar-refractivity contribution in [3.63, 3.8) is 0 Å². The van der Waals surface area contributed by atoms with Gasteiger partial charge in [0.1, 0.15) is 10.4 Å². The summed E-state index contributed by atoms with van der Waals surface area (Å²) in [6, 6.07) is 8.27. The first-order chi connectivity index (χ1) is 12.7. The van der Waals surface area contributed by atoms with Crippen molar-refractivity contribution in [2.45, 2.75) is 25.4 Å². The standard InChI is InChI=1S/C18H20N2O4S3/c1-12(16(21)19(2)14-8-9-27(23,24)11-14)20-17(22)15(26-18(20)25)10-13-6-4-3-5-7-13/h3-7,10,12,14H,8-9,11H2,1-2H3. The maximum Gasteiger partial charge on any atom is 0.266 e. The number of thioether (sulfide) groups is 1. The topological polar surface area (TPSA) is 74.8 Å². The molecule has 0 aromatic heterocycles. The third kappa shape index (κ3) is 4.25. The number of amides is 2. The summed E-state index contributed by atoms with van der Waals surface area (Å²) in [5.74, 6) is -0.560. The molecule has 2 fully saturated rings. The van der Waals surface area contributed by atoms with E-state index in [-0.39, 0.29) is 29.4 Å². The SMILES string of the molecule is CC(C(=O)N(C)C1CCS(=O)(=O)C1)N1C(=O)C(=Cc2ccccc2)SC1=S.